The Hall–Kier alpha value is -3.53. The van der Waals surface area contributed by atoms with Crippen molar-refractivity contribution in [1.29, 1.82) is 0 Å². The number of dihydropyridines is 1. The maximum Gasteiger partial charge on any atom is 0.433 e. The van der Waals surface area contributed by atoms with E-state index in [-0.39, 0.29) is 29.0 Å². The highest BCUT2D eigenvalue weighted by Gasteiger charge is 2.51. The van der Waals surface area contributed by atoms with Crippen molar-refractivity contribution in [3.8, 4) is 11.8 Å². The molecule has 3 rings (SSSR count). The molecule has 13 heteroatoms. The van der Waals surface area contributed by atoms with E-state index in [1.165, 1.54) is 32.1 Å². The molecule has 1 atom stereocenters. The van der Waals surface area contributed by atoms with Gasteiger partial charge in [0.15, 0.2) is 11.4 Å². The third kappa shape index (κ3) is 6.07. The predicted octanol–water partition coefficient (Wildman–Crippen LogP) is 4.22. The molecule has 2 N–H and O–H groups in total. The van der Waals surface area contributed by atoms with E-state index in [4.69, 9.17) is 0 Å². The van der Waals surface area contributed by atoms with Gasteiger partial charge in [-0.15, -0.1) is 0 Å². The maximum absolute atomic E-state index is 13.5. The summed E-state index contributed by atoms with van der Waals surface area (Å²) < 4.78 is 79.4. The second-order valence-electron chi connectivity index (χ2n) is 8.04. The zero-order chi connectivity index (χ0) is 25.4. The summed E-state index contributed by atoms with van der Waals surface area (Å²) in [5, 5.41) is 12.4. The van der Waals surface area contributed by atoms with Crippen molar-refractivity contribution in [1.82, 2.24) is 19.9 Å². The minimum Gasteiger partial charge on any atom is -0.378 e. The number of allylic oxidation sites excluding steroid dienone is 1. The van der Waals surface area contributed by atoms with Gasteiger partial charge in [0.1, 0.15) is 17.0 Å². The summed E-state index contributed by atoms with van der Waals surface area (Å²) in [4.78, 5) is 19.0. The number of aliphatic imine (C=N–C) groups is 1. The van der Waals surface area contributed by atoms with Crippen LogP contribution >= 0.6 is 0 Å². The van der Waals surface area contributed by atoms with E-state index < -0.39 is 35.6 Å². The number of rotatable bonds is 3. The molecule has 2 aromatic rings. The van der Waals surface area contributed by atoms with Crippen LogP contribution in [0.1, 0.15) is 44.5 Å². The normalized spacial score (nSPS) is 18.7. The topological polar surface area (TPSA) is 96.2 Å². The molecule has 1 aliphatic rings. The second kappa shape index (κ2) is 8.68. The summed E-state index contributed by atoms with van der Waals surface area (Å²) in [5.74, 6) is 4.12. The number of nitrogens with zero attached hydrogens (tertiary/aromatic N) is 5. The molecular weight excluding hydrogens is 466 g/mol. The van der Waals surface area contributed by atoms with Crippen LogP contribution in [0.3, 0.4) is 0 Å². The van der Waals surface area contributed by atoms with Crippen molar-refractivity contribution < 1.29 is 31.4 Å². The first-order valence-corrected chi connectivity index (χ1v) is 9.71. The first-order valence-electron chi connectivity index (χ1n) is 9.71. The van der Waals surface area contributed by atoms with Crippen molar-refractivity contribution in [3.63, 3.8) is 0 Å². The highest BCUT2D eigenvalue weighted by Crippen LogP contribution is 2.38. The van der Waals surface area contributed by atoms with Gasteiger partial charge in [-0.1, -0.05) is 12.0 Å². The Morgan fingerprint density at radius 3 is 2.41 bits per heavy atom. The lowest BCUT2D eigenvalue weighted by Crippen LogP contribution is -2.42. The molecule has 0 bridgehead atoms. The standard InChI is InChI=1S/C21H18F6N6O/c1-18(2,34)9-6-15-30-16(13-5-4-8-19(3,33-13)21(25,26)27)32-17(31-15)29-12-7-10-28-14(11-12)20(22,23)24/h4-5,7,10-11,34H,8H2,1-3H3,(H,28,29,30,31,32). The van der Waals surface area contributed by atoms with Gasteiger partial charge in [0, 0.05) is 11.9 Å². The summed E-state index contributed by atoms with van der Waals surface area (Å²) in [5.41, 5.74) is -5.32. The number of aliphatic hydroxyl groups is 1. The van der Waals surface area contributed by atoms with Gasteiger partial charge in [-0.25, -0.2) is 0 Å². The van der Waals surface area contributed by atoms with Crippen LogP contribution in [0.2, 0.25) is 0 Å². The third-order valence-corrected chi connectivity index (χ3v) is 4.42. The highest BCUT2D eigenvalue weighted by atomic mass is 19.4. The summed E-state index contributed by atoms with van der Waals surface area (Å²) >= 11 is 0. The number of anilines is 2. The summed E-state index contributed by atoms with van der Waals surface area (Å²) in [6.45, 7) is 3.70. The van der Waals surface area contributed by atoms with Gasteiger partial charge in [-0.2, -0.15) is 41.3 Å². The molecule has 1 aliphatic heterocycles. The maximum atomic E-state index is 13.5. The number of nitrogens with one attached hydrogen (secondary N) is 1. The third-order valence-electron chi connectivity index (χ3n) is 4.42. The van der Waals surface area contributed by atoms with Crippen LogP contribution in [0, 0.1) is 11.8 Å². The van der Waals surface area contributed by atoms with Gasteiger partial charge < -0.3 is 10.4 Å². The SMILES string of the molecule is CC(C)(O)C#Cc1nc(Nc2ccnc(C(F)(F)F)c2)nc(C2=NC(C)(C(F)(F)F)CC=C2)n1. The van der Waals surface area contributed by atoms with Gasteiger partial charge >= 0.3 is 12.4 Å². The molecule has 0 spiro atoms. The highest BCUT2D eigenvalue weighted by molar-refractivity contribution is 6.07. The summed E-state index contributed by atoms with van der Waals surface area (Å²) in [6.07, 6.45) is -6.24. The molecule has 1 unspecified atom stereocenters. The largest absolute Gasteiger partial charge is 0.433 e. The first-order chi connectivity index (χ1) is 15.6. The molecule has 34 heavy (non-hydrogen) atoms. The Morgan fingerprint density at radius 2 is 1.79 bits per heavy atom. The number of pyridine rings is 1. The van der Waals surface area contributed by atoms with Crippen LogP contribution in [0.4, 0.5) is 38.0 Å². The van der Waals surface area contributed by atoms with Crippen LogP contribution in [0.15, 0.2) is 35.5 Å². The molecular formula is C21H18F6N6O. The molecule has 0 saturated carbocycles. The Balaban J connectivity index is 2.08. The molecule has 0 aromatic carbocycles. The average molecular weight is 484 g/mol. The average Bonchev–Trinajstić information content (AvgIpc) is 2.70. The van der Waals surface area contributed by atoms with Crippen molar-refractivity contribution in [2.24, 2.45) is 4.99 Å². The minimum absolute atomic E-state index is 0.0814. The zero-order valence-electron chi connectivity index (χ0n) is 18.0. The molecule has 0 saturated heterocycles. The van der Waals surface area contributed by atoms with Crippen LogP contribution in [0.25, 0.3) is 0 Å². The number of aromatic nitrogens is 4. The van der Waals surface area contributed by atoms with Crippen LogP contribution < -0.4 is 5.32 Å². The van der Waals surface area contributed by atoms with Crippen molar-refractivity contribution in [2.45, 2.75) is 50.7 Å². The molecule has 0 radical (unpaired) electrons. The van der Waals surface area contributed by atoms with Gasteiger partial charge in [-0.05, 0) is 51.3 Å². The Kier molecular flexibility index (Phi) is 6.41. The van der Waals surface area contributed by atoms with E-state index in [9.17, 15) is 31.4 Å². The number of alkyl halides is 6. The van der Waals surface area contributed by atoms with E-state index in [2.05, 4.69) is 42.1 Å². The molecule has 0 amide bonds. The number of hydrogen-bond donors (Lipinski definition) is 2. The molecule has 0 fully saturated rings. The fourth-order valence-corrected chi connectivity index (χ4v) is 2.66. The first kappa shape index (κ1) is 25.1. The second-order valence-corrected chi connectivity index (χ2v) is 8.04. The predicted molar refractivity (Wildman–Crippen MR) is 110 cm³/mol. The summed E-state index contributed by atoms with van der Waals surface area (Å²) in [7, 11) is 0. The van der Waals surface area contributed by atoms with Crippen LogP contribution in [0.5, 0.6) is 0 Å². The Labute approximate surface area is 190 Å². The fourth-order valence-electron chi connectivity index (χ4n) is 2.66. The monoisotopic (exact) mass is 484 g/mol. The molecule has 0 aliphatic carbocycles. The minimum atomic E-state index is -4.70. The molecule has 3 heterocycles. The lowest BCUT2D eigenvalue weighted by molar-refractivity contribution is -0.178. The van der Waals surface area contributed by atoms with Gasteiger partial charge in [0.25, 0.3) is 0 Å². The number of hydrogen-bond acceptors (Lipinski definition) is 7. The Bertz CT molecular complexity index is 1200. The van der Waals surface area contributed by atoms with Crippen molar-refractivity contribution in [3.05, 3.63) is 47.8 Å². The van der Waals surface area contributed by atoms with Gasteiger partial charge in [-0.3, -0.25) is 9.98 Å². The van der Waals surface area contributed by atoms with Crippen LogP contribution in [-0.2, 0) is 6.18 Å². The van der Waals surface area contributed by atoms with Crippen LogP contribution in [-0.4, -0.2) is 48.1 Å². The smallest absolute Gasteiger partial charge is 0.378 e. The van der Waals surface area contributed by atoms with E-state index >= 15 is 0 Å². The van der Waals surface area contributed by atoms with Crippen molar-refractivity contribution in [2.75, 3.05) is 5.32 Å². The molecule has 180 valence electrons. The number of halogens is 6. The van der Waals surface area contributed by atoms with E-state index in [0.717, 1.165) is 13.1 Å². The van der Waals surface area contributed by atoms with Crippen molar-refractivity contribution >= 4 is 17.3 Å². The molecule has 7 nitrogen and oxygen atoms in total. The van der Waals surface area contributed by atoms with Gasteiger partial charge in [0.2, 0.25) is 11.8 Å². The molecule has 2 aromatic heterocycles. The van der Waals surface area contributed by atoms with E-state index in [0.29, 0.717) is 6.07 Å². The zero-order valence-corrected chi connectivity index (χ0v) is 18.0. The Morgan fingerprint density at radius 1 is 1.09 bits per heavy atom. The van der Waals surface area contributed by atoms with Gasteiger partial charge in [0.05, 0.1) is 0 Å². The lowest BCUT2D eigenvalue weighted by atomic mass is 9.94. The summed E-state index contributed by atoms with van der Waals surface area (Å²) in [6, 6.07) is 1.93. The quantitative estimate of drug-likeness (QED) is 0.500. The van der Waals surface area contributed by atoms with E-state index in [1.807, 2.05) is 0 Å². The fraction of sp³-hybridized carbons (Fsp3) is 0.381. The van der Waals surface area contributed by atoms with E-state index in [1.54, 1.807) is 0 Å². The lowest BCUT2D eigenvalue weighted by Gasteiger charge is -2.29.